The van der Waals surface area contributed by atoms with Crippen molar-refractivity contribution in [1.29, 1.82) is 0 Å². The summed E-state index contributed by atoms with van der Waals surface area (Å²) in [6.07, 6.45) is -13.5. The van der Waals surface area contributed by atoms with Crippen molar-refractivity contribution in [3.63, 3.8) is 0 Å². The Bertz CT molecular complexity index is 608. The Balaban J connectivity index is 3.39. The lowest BCUT2D eigenvalue weighted by molar-refractivity contribution is -0.644. The summed E-state index contributed by atoms with van der Waals surface area (Å²) >= 11 is 0. The van der Waals surface area contributed by atoms with Gasteiger partial charge in [0.15, 0.2) is 12.2 Å². The van der Waals surface area contributed by atoms with Crippen molar-refractivity contribution in [2.45, 2.75) is 36.6 Å². The van der Waals surface area contributed by atoms with Crippen LogP contribution in [0.5, 0.6) is 0 Å². The van der Waals surface area contributed by atoms with Crippen LogP contribution >= 0.6 is 23.5 Å². The van der Waals surface area contributed by atoms with E-state index in [1.165, 1.54) is 0 Å². The third kappa shape index (κ3) is 6.55. The molecule has 3 radical (unpaired) electrons. The summed E-state index contributed by atoms with van der Waals surface area (Å²) in [7, 11) is -15.1. The Morgan fingerprint density at radius 3 is 1.11 bits per heavy atom. The van der Waals surface area contributed by atoms with Gasteiger partial charge in [0, 0.05) is 0 Å². The van der Waals surface area contributed by atoms with E-state index < -0.39 is 60.1 Å². The zero-order valence-corrected chi connectivity index (χ0v) is 16.0. The Hall–Kier alpha value is 0.0900. The van der Waals surface area contributed by atoms with Gasteiger partial charge in [-0.2, -0.15) is 31.4 Å². The van der Waals surface area contributed by atoms with Gasteiger partial charge in [-0.15, -0.1) is 0 Å². The van der Waals surface area contributed by atoms with Crippen LogP contribution in [0.1, 0.15) is 0 Å². The number of aliphatic hydroxyl groups excluding tert-OH is 3. The minimum absolute atomic E-state index is 2.21. The lowest BCUT2D eigenvalue weighted by atomic mass is 9.85. The van der Waals surface area contributed by atoms with Crippen LogP contribution in [0, 0.1) is 0 Å². The minimum atomic E-state index is -5.07. The fraction of sp³-hybridized carbons (Fsp3) is 1.00. The van der Waals surface area contributed by atoms with Crippen molar-refractivity contribution >= 4 is 23.5 Å². The predicted molar refractivity (Wildman–Crippen MR) is 74.0 cm³/mol. The average molecular weight is 468 g/mol. The maximum atomic E-state index is 11.7. The van der Waals surface area contributed by atoms with Crippen LogP contribution in [0.4, 0.5) is 0 Å². The fourth-order valence-corrected chi connectivity index (χ4v) is 3.92. The van der Waals surface area contributed by atoms with Gasteiger partial charge in [-0.3, -0.25) is 14.7 Å². The first-order valence-corrected chi connectivity index (χ1v) is 11.1. The molecule has 9 atom stereocenters. The van der Waals surface area contributed by atoms with E-state index in [2.05, 4.69) is 45.1 Å². The van der Waals surface area contributed by atoms with Crippen molar-refractivity contribution in [2.75, 3.05) is 0 Å². The van der Waals surface area contributed by atoms with Gasteiger partial charge >= 0.3 is 41.8 Å². The Morgan fingerprint density at radius 1 is 0.593 bits per heavy atom. The number of hydrogen-bond acceptors (Lipinski definition) is 12. The molecule has 0 aliphatic heterocycles. The molecule has 0 saturated heterocycles. The smallest absolute Gasteiger partial charge is 0.387 e. The van der Waals surface area contributed by atoms with Gasteiger partial charge in [0.25, 0.3) is 0 Å². The first-order chi connectivity index (χ1) is 12.2. The molecule has 0 heterocycles. The van der Waals surface area contributed by atoms with Gasteiger partial charge in [-0.25, -0.2) is 0 Å². The van der Waals surface area contributed by atoms with Crippen LogP contribution in [0.3, 0.4) is 0 Å². The Labute approximate surface area is 150 Å². The second kappa shape index (κ2) is 9.27. The largest absolute Gasteiger partial charge is 0.755 e. The van der Waals surface area contributed by atoms with E-state index in [9.17, 15) is 43.7 Å². The van der Waals surface area contributed by atoms with E-state index in [4.69, 9.17) is 0 Å². The van der Waals surface area contributed by atoms with Crippen LogP contribution in [0.25, 0.3) is 0 Å². The van der Waals surface area contributed by atoms with E-state index in [-0.39, 0.29) is 0 Å². The number of phosphoric ester groups is 3. The number of hydrogen-bond donors (Lipinski definition) is 9. The van der Waals surface area contributed by atoms with Crippen molar-refractivity contribution in [2.24, 2.45) is 0 Å². The highest BCUT2D eigenvalue weighted by atomic mass is 31.2. The highest BCUT2D eigenvalue weighted by molar-refractivity contribution is 7.47. The molecule has 0 spiro atoms. The van der Waals surface area contributed by atoms with Crippen molar-refractivity contribution < 1.29 is 88.8 Å². The van der Waals surface area contributed by atoms with Gasteiger partial charge in [0.05, 0.1) is 0 Å². The quantitative estimate of drug-likeness (QED) is 0.0864. The van der Waals surface area contributed by atoms with E-state index >= 15 is 0 Å². The summed E-state index contributed by atoms with van der Waals surface area (Å²) in [6, 6.07) is 0. The number of quaternary nitrogens is 3. The van der Waals surface area contributed by atoms with Crippen LogP contribution in [-0.4, -0.2) is 66.6 Å². The molecule has 1 aliphatic rings. The number of rotatable bonds is 9. The molecular weight excluding hydrogens is 447 g/mol. The van der Waals surface area contributed by atoms with Crippen LogP contribution in [0.2, 0.25) is 0 Å². The summed E-state index contributed by atoms with van der Waals surface area (Å²) < 4.78 is 60.1. The average Bonchev–Trinajstić information content (AvgIpc) is 2.60. The van der Waals surface area contributed by atoms with E-state index in [0.717, 1.165) is 0 Å². The van der Waals surface area contributed by atoms with Gasteiger partial charge < -0.3 is 15.3 Å². The van der Waals surface area contributed by atoms with E-state index in [0.29, 0.717) is 0 Å². The standard InChI is InChI=1S/C6H18N3O15P3/c7-22-25(13,14)19-4-2(11)1(10)3(12)5(20-26(15,16)23-8)6(4)21-27(17,18)24-9/h1-6,10-12H,7-9H3/q+3/p+3/t1?,2-,3-,4-,5+,6?/m1/s1. The molecule has 1 aliphatic carbocycles. The molecule has 0 aromatic heterocycles. The first kappa shape index (κ1) is 25.1. The third-order valence-electron chi connectivity index (χ3n) is 3.27. The van der Waals surface area contributed by atoms with Crippen LogP contribution in [-0.2, 0) is 41.1 Å². The highest BCUT2D eigenvalue weighted by Crippen LogP contribution is 2.52. The molecule has 159 valence electrons. The summed E-state index contributed by atoms with van der Waals surface area (Å²) in [5.74, 6) is 7.90. The van der Waals surface area contributed by atoms with Crippen molar-refractivity contribution in [1.82, 2.24) is 0 Å². The fourth-order valence-electron chi connectivity index (χ4n) is 2.08. The lowest BCUT2D eigenvalue weighted by Gasteiger charge is -2.30. The van der Waals surface area contributed by atoms with Crippen molar-refractivity contribution in [3.8, 4) is 0 Å². The van der Waals surface area contributed by atoms with Gasteiger partial charge in [-0.05, 0) is 27.4 Å². The van der Waals surface area contributed by atoms with Gasteiger partial charge in [0.2, 0.25) is 0 Å². The van der Waals surface area contributed by atoms with E-state index in [1.54, 1.807) is 0 Å². The summed E-state index contributed by atoms with van der Waals surface area (Å²) in [5, 5.41) is 29.8. The second-order valence-electron chi connectivity index (χ2n) is 4.97. The molecule has 1 rings (SSSR count). The predicted octanol–water partition coefficient (Wildman–Crippen LogP) is -5.94. The molecule has 0 aromatic rings. The zero-order chi connectivity index (χ0) is 21.2. The Kier molecular flexibility index (Phi) is 8.63. The zero-order valence-electron chi connectivity index (χ0n) is 13.3. The first-order valence-electron chi connectivity index (χ1n) is 6.59. The lowest BCUT2D eigenvalue weighted by Crippen LogP contribution is -2.65. The Morgan fingerprint density at radius 2 is 0.852 bits per heavy atom. The molecule has 18 nitrogen and oxygen atoms in total. The molecule has 1 saturated carbocycles. The van der Waals surface area contributed by atoms with Crippen molar-refractivity contribution in [3.05, 3.63) is 0 Å². The SMILES string of the molecule is [NH3+]OP(=O)(O)[O+]C1[C@@H]([O+]P(=O)(O)O[NH3+])[C@H](O)C(O)[C@@H](O)[C@H]1[O+]P(=O)(O)O[NH3+]. The van der Waals surface area contributed by atoms with Gasteiger partial charge in [0.1, 0.15) is 6.10 Å². The molecular formula is C6H21N3O15P3+6. The van der Waals surface area contributed by atoms with Crippen LogP contribution < -0.4 is 17.7 Å². The molecule has 0 amide bonds. The molecule has 0 bridgehead atoms. The summed E-state index contributed by atoms with van der Waals surface area (Å²) in [4.78, 5) is 28.2. The minimum Gasteiger partial charge on any atom is -0.387 e. The highest BCUT2D eigenvalue weighted by Gasteiger charge is 2.75. The summed E-state index contributed by atoms with van der Waals surface area (Å²) in [5.41, 5.74) is 0. The third-order valence-corrected chi connectivity index (χ3v) is 5.78. The molecule has 15 N–H and O–H groups in total. The molecule has 27 heavy (non-hydrogen) atoms. The van der Waals surface area contributed by atoms with E-state index in [1.807, 2.05) is 0 Å². The topological polar surface area (TPSA) is 317 Å². The molecule has 5 unspecified atom stereocenters. The molecule has 0 aromatic carbocycles. The normalized spacial score (nSPS) is 38.6. The number of phosphoric acid groups is 3. The maximum absolute atomic E-state index is 11.7. The number of aliphatic hydroxyl groups is 3. The monoisotopic (exact) mass is 468 g/mol. The van der Waals surface area contributed by atoms with Gasteiger partial charge in [-0.1, -0.05) is 0 Å². The van der Waals surface area contributed by atoms with Crippen LogP contribution in [0.15, 0.2) is 0 Å². The second-order valence-corrected chi connectivity index (χ2v) is 9.19. The maximum Gasteiger partial charge on any atom is 0.755 e. The molecule has 21 heteroatoms. The summed E-state index contributed by atoms with van der Waals surface area (Å²) in [6.45, 7) is 0. The molecule has 1 fully saturated rings.